The van der Waals surface area contributed by atoms with Crippen molar-refractivity contribution in [2.75, 3.05) is 13.2 Å². The van der Waals surface area contributed by atoms with Crippen LogP contribution >= 0.6 is 15.9 Å². The summed E-state index contributed by atoms with van der Waals surface area (Å²) in [5.74, 6) is -1.71. The highest BCUT2D eigenvalue weighted by Gasteiger charge is 2.19. The van der Waals surface area contributed by atoms with Crippen LogP contribution in [0.15, 0.2) is 16.6 Å². The van der Waals surface area contributed by atoms with E-state index in [1.54, 1.807) is 6.07 Å². The van der Waals surface area contributed by atoms with Gasteiger partial charge < -0.3 is 10.1 Å². The standard InChI is InChI=1S/C14H20BrF2NO/c1-4-7-18-12(8-19-9(2)3)10-5-6-11(16)14(17)13(10)15/h5-6,9,12,18H,4,7-8H2,1-3H3. The zero-order chi connectivity index (χ0) is 14.4. The van der Waals surface area contributed by atoms with Crippen molar-refractivity contribution in [2.45, 2.75) is 39.3 Å². The first kappa shape index (κ1) is 16.5. The summed E-state index contributed by atoms with van der Waals surface area (Å²) in [5.41, 5.74) is 0.674. The largest absolute Gasteiger partial charge is 0.377 e. The van der Waals surface area contributed by atoms with Crippen LogP contribution in [0.5, 0.6) is 0 Å². The maximum atomic E-state index is 13.6. The van der Waals surface area contributed by atoms with Gasteiger partial charge in [0.15, 0.2) is 11.6 Å². The number of nitrogens with one attached hydrogen (secondary N) is 1. The zero-order valence-electron chi connectivity index (χ0n) is 11.5. The van der Waals surface area contributed by atoms with Crippen molar-refractivity contribution in [1.82, 2.24) is 5.32 Å². The third-order valence-corrected chi connectivity index (χ3v) is 3.48. The first-order valence-corrected chi connectivity index (χ1v) is 7.25. The van der Waals surface area contributed by atoms with Crippen LogP contribution in [0, 0.1) is 11.6 Å². The second kappa shape index (κ2) is 7.92. The molecule has 1 aromatic carbocycles. The third-order valence-electron chi connectivity index (χ3n) is 2.68. The average molecular weight is 336 g/mol. The van der Waals surface area contributed by atoms with Gasteiger partial charge in [0.2, 0.25) is 0 Å². The van der Waals surface area contributed by atoms with Crippen LogP contribution in [0.3, 0.4) is 0 Å². The van der Waals surface area contributed by atoms with Crippen LogP contribution in [0.1, 0.15) is 38.8 Å². The molecule has 0 heterocycles. The van der Waals surface area contributed by atoms with E-state index in [9.17, 15) is 8.78 Å². The predicted molar refractivity (Wildman–Crippen MR) is 76.2 cm³/mol. The van der Waals surface area contributed by atoms with E-state index in [2.05, 4.69) is 21.2 Å². The normalized spacial score (nSPS) is 13.0. The first-order valence-electron chi connectivity index (χ1n) is 6.45. The summed E-state index contributed by atoms with van der Waals surface area (Å²) in [4.78, 5) is 0. The van der Waals surface area contributed by atoms with Crippen molar-refractivity contribution in [3.05, 3.63) is 33.8 Å². The monoisotopic (exact) mass is 335 g/mol. The van der Waals surface area contributed by atoms with Gasteiger partial charge in [0.25, 0.3) is 0 Å². The molecule has 1 aromatic rings. The zero-order valence-corrected chi connectivity index (χ0v) is 13.1. The second-order valence-corrected chi connectivity index (χ2v) is 5.45. The van der Waals surface area contributed by atoms with Crippen LogP contribution < -0.4 is 5.32 Å². The van der Waals surface area contributed by atoms with E-state index in [-0.39, 0.29) is 16.6 Å². The van der Waals surface area contributed by atoms with Gasteiger partial charge in [-0.2, -0.15) is 0 Å². The summed E-state index contributed by atoms with van der Waals surface area (Å²) in [6.45, 7) is 7.14. The minimum Gasteiger partial charge on any atom is -0.377 e. The molecule has 0 bridgehead atoms. The molecule has 1 atom stereocenters. The van der Waals surface area contributed by atoms with Crippen molar-refractivity contribution < 1.29 is 13.5 Å². The molecule has 2 nitrogen and oxygen atoms in total. The van der Waals surface area contributed by atoms with Gasteiger partial charge >= 0.3 is 0 Å². The van der Waals surface area contributed by atoms with Crippen LogP contribution in [0.4, 0.5) is 8.78 Å². The smallest absolute Gasteiger partial charge is 0.173 e. The summed E-state index contributed by atoms with van der Waals surface area (Å²) in [7, 11) is 0. The van der Waals surface area contributed by atoms with E-state index in [1.165, 1.54) is 0 Å². The highest BCUT2D eigenvalue weighted by molar-refractivity contribution is 9.10. The molecule has 0 amide bonds. The fourth-order valence-corrected chi connectivity index (χ4v) is 2.27. The van der Waals surface area contributed by atoms with E-state index >= 15 is 0 Å². The number of halogens is 3. The molecule has 0 saturated heterocycles. The van der Waals surface area contributed by atoms with Crippen molar-refractivity contribution in [2.24, 2.45) is 0 Å². The first-order chi connectivity index (χ1) is 8.97. The minimum atomic E-state index is -0.856. The number of rotatable bonds is 7. The molecule has 0 aromatic heterocycles. The molecule has 0 aliphatic rings. The Bertz CT molecular complexity index is 413. The maximum absolute atomic E-state index is 13.6. The lowest BCUT2D eigenvalue weighted by Crippen LogP contribution is -2.28. The predicted octanol–water partition coefficient (Wildman–Crippen LogP) is 4.19. The molecule has 19 heavy (non-hydrogen) atoms. The van der Waals surface area contributed by atoms with E-state index in [4.69, 9.17) is 4.74 Å². The van der Waals surface area contributed by atoms with Crippen LogP contribution in [0.2, 0.25) is 0 Å². The summed E-state index contributed by atoms with van der Waals surface area (Å²) in [6, 6.07) is 2.57. The Morgan fingerprint density at radius 1 is 1.32 bits per heavy atom. The fourth-order valence-electron chi connectivity index (χ4n) is 1.68. The van der Waals surface area contributed by atoms with E-state index < -0.39 is 11.6 Å². The molecule has 5 heteroatoms. The van der Waals surface area contributed by atoms with E-state index in [0.717, 1.165) is 19.0 Å². The average Bonchev–Trinajstić information content (AvgIpc) is 2.37. The van der Waals surface area contributed by atoms with Crippen molar-refractivity contribution in [3.63, 3.8) is 0 Å². The number of ether oxygens (including phenoxy) is 1. The molecular formula is C14H20BrF2NO. The van der Waals surface area contributed by atoms with Gasteiger partial charge in [-0.1, -0.05) is 13.0 Å². The van der Waals surface area contributed by atoms with Crippen LogP contribution in [-0.2, 0) is 4.74 Å². The SMILES string of the molecule is CCCNC(COC(C)C)c1ccc(F)c(F)c1Br. The summed E-state index contributed by atoms with van der Waals surface area (Å²) in [6.07, 6.45) is 1.05. The van der Waals surface area contributed by atoms with Crippen molar-refractivity contribution in [1.29, 1.82) is 0 Å². The van der Waals surface area contributed by atoms with Crippen molar-refractivity contribution in [3.8, 4) is 0 Å². The van der Waals surface area contributed by atoms with Gasteiger partial charge in [0.1, 0.15) is 0 Å². The Hall–Kier alpha value is -0.520. The highest BCUT2D eigenvalue weighted by atomic mass is 79.9. The second-order valence-electron chi connectivity index (χ2n) is 4.65. The van der Waals surface area contributed by atoms with Gasteiger partial charge in [-0.25, -0.2) is 8.78 Å². The Kier molecular flexibility index (Phi) is 6.89. The molecule has 1 unspecified atom stereocenters. The molecule has 0 radical (unpaired) electrons. The molecule has 0 aliphatic carbocycles. The molecule has 1 rings (SSSR count). The number of hydrogen-bond donors (Lipinski definition) is 1. The highest BCUT2D eigenvalue weighted by Crippen LogP contribution is 2.28. The summed E-state index contributed by atoms with van der Waals surface area (Å²) >= 11 is 3.12. The van der Waals surface area contributed by atoms with E-state index in [1.807, 2.05) is 20.8 Å². The Balaban J connectivity index is 2.92. The molecular weight excluding hydrogens is 316 g/mol. The van der Waals surface area contributed by atoms with Gasteiger partial charge in [0, 0.05) is 0 Å². The lowest BCUT2D eigenvalue weighted by Gasteiger charge is -2.22. The van der Waals surface area contributed by atoms with Gasteiger partial charge in [-0.15, -0.1) is 0 Å². The summed E-state index contributed by atoms with van der Waals surface area (Å²) < 4.78 is 32.5. The molecule has 108 valence electrons. The molecule has 0 fully saturated rings. The van der Waals surface area contributed by atoms with Crippen LogP contribution in [0.25, 0.3) is 0 Å². The van der Waals surface area contributed by atoms with Gasteiger partial charge in [-0.05, 0) is 54.4 Å². The van der Waals surface area contributed by atoms with Gasteiger partial charge in [-0.3, -0.25) is 0 Å². The Morgan fingerprint density at radius 2 is 2.00 bits per heavy atom. The Labute approximate surface area is 121 Å². The molecule has 0 aliphatic heterocycles. The van der Waals surface area contributed by atoms with Crippen molar-refractivity contribution >= 4 is 15.9 Å². The van der Waals surface area contributed by atoms with Gasteiger partial charge in [0.05, 0.1) is 23.2 Å². The number of hydrogen-bond acceptors (Lipinski definition) is 2. The fraction of sp³-hybridized carbons (Fsp3) is 0.571. The number of benzene rings is 1. The van der Waals surface area contributed by atoms with Crippen LogP contribution in [-0.4, -0.2) is 19.3 Å². The van der Waals surface area contributed by atoms with E-state index in [0.29, 0.717) is 12.2 Å². The lowest BCUT2D eigenvalue weighted by atomic mass is 10.1. The molecule has 1 N–H and O–H groups in total. The molecule has 0 spiro atoms. The third kappa shape index (κ3) is 4.82. The molecule has 0 saturated carbocycles. The topological polar surface area (TPSA) is 21.3 Å². The maximum Gasteiger partial charge on any atom is 0.173 e. The summed E-state index contributed by atoms with van der Waals surface area (Å²) in [5, 5.41) is 3.28. The lowest BCUT2D eigenvalue weighted by molar-refractivity contribution is 0.0609. The Morgan fingerprint density at radius 3 is 2.58 bits per heavy atom. The quantitative estimate of drug-likeness (QED) is 0.754. The minimum absolute atomic E-state index is 0.0926.